The van der Waals surface area contributed by atoms with E-state index >= 15 is 0 Å². The van der Waals surface area contributed by atoms with Gasteiger partial charge < -0.3 is 4.90 Å². The summed E-state index contributed by atoms with van der Waals surface area (Å²) in [5.41, 5.74) is 3.83. The lowest BCUT2D eigenvalue weighted by Crippen LogP contribution is -2.36. The molecule has 1 aromatic heterocycles. The number of nitrogens with two attached hydrogens (primary N) is 1. The third-order valence-corrected chi connectivity index (χ3v) is 4.98. The molecule has 0 atom stereocenters. The molecule has 3 rings (SSSR count). The summed E-state index contributed by atoms with van der Waals surface area (Å²) in [6.45, 7) is 4.48. The number of nitrogens with zero attached hydrogens (tertiary/aromatic N) is 1. The van der Waals surface area contributed by atoms with Gasteiger partial charge in [-0.15, -0.1) is 11.3 Å². The number of allylic oxidation sites excluding steroid dienone is 2. The van der Waals surface area contributed by atoms with Crippen LogP contribution in [-0.4, -0.2) is 19.3 Å². The first-order chi connectivity index (χ1) is 9.78. The molecule has 1 aliphatic heterocycles. The Kier molecular flexibility index (Phi) is 3.70. The van der Waals surface area contributed by atoms with Gasteiger partial charge in [-0.25, -0.2) is 0 Å². The molecule has 1 saturated heterocycles. The van der Waals surface area contributed by atoms with Crippen LogP contribution in [0.15, 0.2) is 42.5 Å². The summed E-state index contributed by atoms with van der Waals surface area (Å²) in [5, 5.41) is 5.45. The van der Waals surface area contributed by atoms with E-state index in [2.05, 4.69) is 48.2 Å². The van der Waals surface area contributed by atoms with Crippen LogP contribution in [-0.2, 0) is 0 Å². The topological polar surface area (TPSA) is 28.8 Å². The normalized spacial score (nSPS) is 15.1. The smallest absolute Gasteiger partial charge is 0.160 e. The fourth-order valence-electron chi connectivity index (χ4n) is 2.34. The zero-order valence-corrected chi connectivity index (χ0v) is 12.5. The van der Waals surface area contributed by atoms with Gasteiger partial charge >= 0.3 is 0 Å². The van der Waals surface area contributed by atoms with Crippen molar-refractivity contribution in [3.05, 3.63) is 47.4 Å². The average Bonchev–Trinajstić information content (AvgIpc) is 2.87. The Bertz CT molecular complexity index is 633. The third-order valence-electron chi connectivity index (χ3n) is 3.71. The average molecular weight is 283 g/mol. The Morgan fingerprint density at radius 3 is 2.50 bits per heavy atom. The van der Waals surface area contributed by atoms with E-state index in [9.17, 15) is 0 Å². The van der Waals surface area contributed by atoms with Gasteiger partial charge in [0.15, 0.2) is 6.21 Å². The van der Waals surface area contributed by atoms with Gasteiger partial charge in [-0.05, 0) is 48.7 Å². The molecule has 102 valence electrons. The van der Waals surface area contributed by atoms with Crippen LogP contribution in [0.25, 0.3) is 16.0 Å². The number of thiophene rings is 1. The van der Waals surface area contributed by atoms with E-state index in [1.54, 1.807) is 6.21 Å². The SMILES string of the molecule is C/C(=C\C=[NH2+])c1ccc(-c2ccc(N3CCC3)cc2)s1. The maximum atomic E-state index is 5.45. The first kappa shape index (κ1) is 13.1. The predicted molar refractivity (Wildman–Crippen MR) is 88.2 cm³/mol. The van der Waals surface area contributed by atoms with E-state index in [1.807, 2.05) is 17.4 Å². The minimum Gasteiger partial charge on any atom is -0.371 e. The number of hydrogen-bond donors (Lipinski definition) is 1. The molecular formula is C17H19N2S+. The van der Waals surface area contributed by atoms with Gasteiger partial charge in [-0.3, -0.25) is 5.41 Å². The second-order valence-electron chi connectivity index (χ2n) is 5.09. The van der Waals surface area contributed by atoms with Gasteiger partial charge in [0, 0.05) is 34.6 Å². The first-order valence-electron chi connectivity index (χ1n) is 6.95. The van der Waals surface area contributed by atoms with Crippen molar-refractivity contribution in [2.75, 3.05) is 18.0 Å². The third kappa shape index (κ3) is 2.54. The summed E-state index contributed by atoms with van der Waals surface area (Å²) in [6.07, 6.45) is 4.86. The largest absolute Gasteiger partial charge is 0.371 e. The van der Waals surface area contributed by atoms with Gasteiger partial charge in [0.25, 0.3) is 0 Å². The van der Waals surface area contributed by atoms with Crippen molar-refractivity contribution in [1.82, 2.24) is 0 Å². The van der Waals surface area contributed by atoms with Gasteiger partial charge in [0.2, 0.25) is 0 Å². The van der Waals surface area contributed by atoms with Crippen molar-refractivity contribution in [2.45, 2.75) is 13.3 Å². The van der Waals surface area contributed by atoms with Crippen molar-refractivity contribution in [1.29, 1.82) is 0 Å². The van der Waals surface area contributed by atoms with E-state index in [4.69, 9.17) is 5.41 Å². The fourth-order valence-corrected chi connectivity index (χ4v) is 3.33. The Labute approximate surface area is 123 Å². The molecule has 2 aromatic rings. The van der Waals surface area contributed by atoms with Crippen molar-refractivity contribution >= 4 is 28.8 Å². The molecule has 0 bridgehead atoms. The molecule has 2 heterocycles. The summed E-state index contributed by atoms with van der Waals surface area (Å²) in [6, 6.07) is 13.2. The fraction of sp³-hybridized carbons (Fsp3) is 0.235. The molecule has 1 aliphatic rings. The highest BCUT2D eigenvalue weighted by Crippen LogP contribution is 2.33. The molecule has 0 amide bonds. The van der Waals surface area contributed by atoms with Crippen LogP contribution >= 0.6 is 11.3 Å². The Hall–Kier alpha value is -1.87. The maximum absolute atomic E-state index is 5.45. The lowest BCUT2D eigenvalue weighted by molar-refractivity contribution is -0.104. The first-order valence-corrected chi connectivity index (χ1v) is 7.77. The Balaban J connectivity index is 1.82. The zero-order valence-electron chi connectivity index (χ0n) is 11.7. The molecule has 0 unspecified atom stereocenters. The highest BCUT2D eigenvalue weighted by Gasteiger charge is 2.14. The van der Waals surface area contributed by atoms with Gasteiger partial charge in [0.05, 0.1) is 0 Å². The lowest BCUT2D eigenvalue weighted by atomic mass is 10.1. The molecule has 2 N–H and O–H groups in total. The Morgan fingerprint density at radius 1 is 1.15 bits per heavy atom. The quantitative estimate of drug-likeness (QED) is 0.859. The highest BCUT2D eigenvalue weighted by atomic mass is 32.1. The number of hydrogen-bond acceptors (Lipinski definition) is 2. The second kappa shape index (κ2) is 5.63. The molecule has 0 saturated carbocycles. The number of anilines is 1. The molecule has 1 aromatic carbocycles. The Morgan fingerprint density at radius 2 is 1.90 bits per heavy atom. The molecule has 2 nitrogen and oxygen atoms in total. The number of benzene rings is 1. The van der Waals surface area contributed by atoms with Crippen LogP contribution in [0.4, 0.5) is 5.69 Å². The molecule has 0 radical (unpaired) electrons. The van der Waals surface area contributed by atoms with Gasteiger partial charge in [-0.2, -0.15) is 0 Å². The molecule has 0 spiro atoms. The van der Waals surface area contributed by atoms with Crippen LogP contribution in [0.3, 0.4) is 0 Å². The van der Waals surface area contributed by atoms with E-state index in [0.29, 0.717) is 0 Å². The van der Waals surface area contributed by atoms with Crippen LogP contribution in [0.1, 0.15) is 18.2 Å². The van der Waals surface area contributed by atoms with Crippen LogP contribution in [0.2, 0.25) is 0 Å². The summed E-state index contributed by atoms with van der Waals surface area (Å²) in [4.78, 5) is 4.99. The standard InChI is InChI=1S/C17H18N2S/c1-13(9-10-18)16-7-8-17(20-16)14-3-5-15(6-4-14)19-11-2-12-19/h3-10,18H,2,11-12H2,1H3/p+1/b13-9+,18-10?. The summed E-state index contributed by atoms with van der Waals surface area (Å²) >= 11 is 1.81. The predicted octanol–water partition coefficient (Wildman–Crippen LogP) is 2.86. The number of rotatable bonds is 4. The summed E-state index contributed by atoms with van der Waals surface area (Å²) in [5.74, 6) is 0. The molecule has 3 heteroatoms. The monoisotopic (exact) mass is 283 g/mol. The van der Waals surface area contributed by atoms with Gasteiger partial charge in [-0.1, -0.05) is 12.1 Å². The minimum absolute atomic E-state index is 1.20. The van der Waals surface area contributed by atoms with E-state index < -0.39 is 0 Å². The molecule has 0 aliphatic carbocycles. The maximum Gasteiger partial charge on any atom is 0.160 e. The summed E-state index contributed by atoms with van der Waals surface area (Å²) < 4.78 is 0. The van der Waals surface area contributed by atoms with Crippen molar-refractivity contribution in [2.24, 2.45) is 0 Å². The van der Waals surface area contributed by atoms with E-state index in [1.165, 1.54) is 46.1 Å². The lowest BCUT2D eigenvalue weighted by Gasteiger charge is -2.33. The van der Waals surface area contributed by atoms with Crippen molar-refractivity contribution in [3.8, 4) is 10.4 Å². The van der Waals surface area contributed by atoms with E-state index in [-0.39, 0.29) is 0 Å². The molecular weight excluding hydrogens is 264 g/mol. The van der Waals surface area contributed by atoms with Crippen LogP contribution in [0.5, 0.6) is 0 Å². The minimum atomic E-state index is 1.20. The summed E-state index contributed by atoms with van der Waals surface area (Å²) in [7, 11) is 0. The second-order valence-corrected chi connectivity index (χ2v) is 6.18. The van der Waals surface area contributed by atoms with Crippen LogP contribution in [0, 0.1) is 0 Å². The van der Waals surface area contributed by atoms with Crippen molar-refractivity contribution in [3.63, 3.8) is 0 Å². The molecule has 1 fully saturated rings. The molecule has 20 heavy (non-hydrogen) atoms. The highest BCUT2D eigenvalue weighted by molar-refractivity contribution is 7.16. The van der Waals surface area contributed by atoms with Crippen molar-refractivity contribution < 1.29 is 5.41 Å². The van der Waals surface area contributed by atoms with E-state index in [0.717, 1.165) is 0 Å². The van der Waals surface area contributed by atoms with Gasteiger partial charge in [0.1, 0.15) is 0 Å². The van der Waals surface area contributed by atoms with Crippen LogP contribution < -0.4 is 10.3 Å². The zero-order chi connectivity index (χ0) is 13.9.